The molecule has 292 valence electrons. The van der Waals surface area contributed by atoms with Gasteiger partial charge < -0.3 is 72.0 Å². The van der Waals surface area contributed by atoms with E-state index in [2.05, 4.69) is 4.74 Å². The highest BCUT2D eigenvalue weighted by molar-refractivity contribution is 5.69. The zero-order valence-electron chi connectivity index (χ0n) is 29.9. The maximum atomic E-state index is 10.9. The molecule has 0 fully saturated rings. The highest BCUT2D eigenvalue weighted by atomic mass is 16.6. The molecule has 0 spiro atoms. The fourth-order valence-electron chi connectivity index (χ4n) is 3.56. The van der Waals surface area contributed by atoms with Gasteiger partial charge in [-0.3, -0.25) is 4.79 Å². The van der Waals surface area contributed by atoms with Crippen molar-refractivity contribution in [3.63, 3.8) is 0 Å². The van der Waals surface area contributed by atoms with E-state index < -0.39 is 0 Å². The summed E-state index contributed by atoms with van der Waals surface area (Å²) in [5.74, 6) is 0.480. The molecule has 1 aromatic rings. The monoisotopic (exact) mass is 723 g/mol. The summed E-state index contributed by atoms with van der Waals surface area (Å²) >= 11 is 0. The molecular formula is C34H61NO15. The molecule has 0 atom stereocenters. The van der Waals surface area contributed by atoms with E-state index in [1.54, 1.807) is 12.1 Å². The van der Waals surface area contributed by atoms with Gasteiger partial charge in [-0.05, 0) is 24.3 Å². The number of methoxy groups -OCH3 is 1. The van der Waals surface area contributed by atoms with Gasteiger partial charge in [0.1, 0.15) is 12.4 Å². The molecule has 0 aliphatic carbocycles. The molecule has 0 unspecified atom stereocenters. The Hall–Kier alpha value is -2.19. The number of carbonyl (C=O) groups excluding carboxylic acids is 1. The smallest absolute Gasteiger partial charge is 0.307 e. The first-order valence-corrected chi connectivity index (χ1v) is 17.2. The van der Waals surface area contributed by atoms with Crippen molar-refractivity contribution >= 4 is 11.7 Å². The Bertz CT molecular complexity index is 837. The van der Waals surface area contributed by atoms with Crippen molar-refractivity contribution in [1.29, 1.82) is 0 Å². The van der Waals surface area contributed by atoms with Crippen molar-refractivity contribution < 1.29 is 71.1 Å². The van der Waals surface area contributed by atoms with Gasteiger partial charge in [0, 0.05) is 5.69 Å². The summed E-state index contributed by atoms with van der Waals surface area (Å²) in [6, 6.07) is 7.25. The number of hydrogen-bond acceptors (Lipinski definition) is 16. The molecule has 1 rings (SSSR count). The van der Waals surface area contributed by atoms with E-state index >= 15 is 0 Å². The first-order chi connectivity index (χ1) is 24.7. The zero-order chi connectivity index (χ0) is 35.8. The SMILES string of the molecule is COC(=O)CCOCCOCCOCCOCCOCCOCCOCCOCCOCCOCCOCCOCCOc1ccc(N)cc1. The summed E-state index contributed by atoms with van der Waals surface area (Å²) in [4.78, 5) is 10.9. The van der Waals surface area contributed by atoms with Crippen molar-refractivity contribution in [3.8, 4) is 5.75 Å². The summed E-state index contributed by atoms with van der Waals surface area (Å²) in [7, 11) is 1.35. The van der Waals surface area contributed by atoms with Gasteiger partial charge in [0.05, 0.1) is 172 Å². The van der Waals surface area contributed by atoms with Crippen LogP contribution in [0.25, 0.3) is 0 Å². The van der Waals surface area contributed by atoms with Crippen LogP contribution in [0.15, 0.2) is 24.3 Å². The van der Waals surface area contributed by atoms with E-state index in [-0.39, 0.29) is 12.4 Å². The normalized spacial score (nSPS) is 11.3. The van der Waals surface area contributed by atoms with Crippen LogP contribution >= 0.6 is 0 Å². The fraction of sp³-hybridized carbons (Fsp3) is 0.794. The minimum atomic E-state index is -0.288. The predicted octanol–water partition coefficient (Wildman–Crippen LogP) is 1.41. The second kappa shape index (κ2) is 38.1. The lowest BCUT2D eigenvalue weighted by Gasteiger charge is -2.09. The summed E-state index contributed by atoms with van der Waals surface area (Å²) in [6.45, 7) is 12.0. The Morgan fingerprint density at radius 1 is 0.400 bits per heavy atom. The number of benzene rings is 1. The average Bonchev–Trinajstić information content (AvgIpc) is 3.13. The van der Waals surface area contributed by atoms with Crippen LogP contribution in [0.4, 0.5) is 5.69 Å². The quantitative estimate of drug-likeness (QED) is 0.0585. The molecule has 0 aliphatic rings. The number of carbonyl (C=O) groups is 1. The molecule has 0 radical (unpaired) electrons. The zero-order valence-corrected chi connectivity index (χ0v) is 29.9. The van der Waals surface area contributed by atoms with Crippen LogP contribution in [0, 0.1) is 0 Å². The number of hydrogen-bond donors (Lipinski definition) is 1. The molecule has 0 amide bonds. The fourth-order valence-corrected chi connectivity index (χ4v) is 3.56. The van der Waals surface area contributed by atoms with Crippen molar-refractivity contribution in [2.24, 2.45) is 0 Å². The van der Waals surface area contributed by atoms with Crippen molar-refractivity contribution in [2.75, 3.05) is 178 Å². The van der Waals surface area contributed by atoms with Crippen LogP contribution in [0.2, 0.25) is 0 Å². The third kappa shape index (κ3) is 34.3. The maximum Gasteiger partial charge on any atom is 0.307 e. The third-order valence-corrected chi connectivity index (χ3v) is 6.15. The van der Waals surface area contributed by atoms with Crippen LogP contribution in [-0.4, -0.2) is 178 Å². The summed E-state index contributed by atoms with van der Waals surface area (Å²) in [5, 5.41) is 0. The largest absolute Gasteiger partial charge is 0.491 e. The van der Waals surface area contributed by atoms with Gasteiger partial charge in [0.2, 0.25) is 0 Å². The summed E-state index contributed by atoms with van der Waals surface area (Å²) < 4.78 is 75.4. The molecular weight excluding hydrogens is 662 g/mol. The molecule has 0 bridgehead atoms. The number of anilines is 1. The molecule has 0 aliphatic heterocycles. The van der Waals surface area contributed by atoms with E-state index in [0.29, 0.717) is 171 Å². The molecule has 0 saturated carbocycles. The Labute approximate surface area is 297 Å². The van der Waals surface area contributed by atoms with E-state index in [0.717, 1.165) is 5.75 Å². The van der Waals surface area contributed by atoms with Crippen LogP contribution in [0.3, 0.4) is 0 Å². The first kappa shape index (κ1) is 45.8. The number of ether oxygens (including phenoxy) is 14. The number of nitrogens with two attached hydrogens (primary N) is 1. The third-order valence-electron chi connectivity index (χ3n) is 6.15. The van der Waals surface area contributed by atoms with Crippen molar-refractivity contribution in [1.82, 2.24) is 0 Å². The van der Waals surface area contributed by atoms with Gasteiger partial charge in [-0.1, -0.05) is 0 Å². The molecule has 16 heteroatoms. The van der Waals surface area contributed by atoms with Crippen LogP contribution in [0.1, 0.15) is 6.42 Å². The lowest BCUT2D eigenvalue weighted by Crippen LogP contribution is -2.15. The van der Waals surface area contributed by atoms with E-state index in [4.69, 9.17) is 67.3 Å². The lowest BCUT2D eigenvalue weighted by molar-refractivity contribution is -0.141. The maximum absolute atomic E-state index is 10.9. The minimum Gasteiger partial charge on any atom is -0.491 e. The molecule has 16 nitrogen and oxygen atoms in total. The van der Waals surface area contributed by atoms with Gasteiger partial charge in [-0.25, -0.2) is 0 Å². The van der Waals surface area contributed by atoms with Gasteiger partial charge in [-0.15, -0.1) is 0 Å². The first-order valence-electron chi connectivity index (χ1n) is 17.2. The van der Waals surface area contributed by atoms with Crippen molar-refractivity contribution in [2.45, 2.75) is 6.42 Å². The summed E-state index contributed by atoms with van der Waals surface area (Å²) in [6.07, 6.45) is 0.242. The average molecular weight is 724 g/mol. The topological polar surface area (TPSA) is 172 Å². The molecule has 1 aromatic carbocycles. The minimum absolute atomic E-state index is 0.242. The van der Waals surface area contributed by atoms with Crippen LogP contribution < -0.4 is 10.5 Å². The van der Waals surface area contributed by atoms with Crippen molar-refractivity contribution in [3.05, 3.63) is 24.3 Å². The van der Waals surface area contributed by atoms with Gasteiger partial charge in [-0.2, -0.15) is 0 Å². The second-order valence-corrected chi connectivity index (χ2v) is 10.1. The molecule has 50 heavy (non-hydrogen) atoms. The Balaban J connectivity index is 1.62. The lowest BCUT2D eigenvalue weighted by atomic mass is 10.3. The second-order valence-electron chi connectivity index (χ2n) is 10.1. The molecule has 0 aromatic heterocycles. The summed E-state index contributed by atoms with van der Waals surface area (Å²) in [5.41, 5.74) is 6.35. The molecule has 2 N–H and O–H groups in total. The number of esters is 1. The van der Waals surface area contributed by atoms with E-state index in [9.17, 15) is 4.79 Å². The standard InChI is InChI=1S/C34H61NO15/c1-37-34(36)6-7-38-8-9-39-10-11-40-12-13-41-14-15-42-16-17-43-18-19-44-20-21-45-22-23-46-24-25-47-26-27-48-28-29-49-30-31-50-33-4-2-32(35)3-5-33/h2-5H,6-31,35H2,1H3. The highest BCUT2D eigenvalue weighted by Crippen LogP contribution is 2.12. The van der Waals surface area contributed by atoms with Crippen LogP contribution in [-0.2, 0) is 66.4 Å². The predicted molar refractivity (Wildman–Crippen MR) is 183 cm³/mol. The van der Waals surface area contributed by atoms with Gasteiger partial charge in [0.15, 0.2) is 0 Å². The number of nitrogen functional groups attached to an aromatic ring is 1. The Morgan fingerprint density at radius 3 is 0.900 bits per heavy atom. The van der Waals surface area contributed by atoms with Gasteiger partial charge in [0.25, 0.3) is 0 Å². The van der Waals surface area contributed by atoms with Crippen LogP contribution in [0.5, 0.6) is 5.75 Å². The van der Waals surface area contributed by atoms with Gasteiger partial charge >= 0.3 is 5.97 Å². The number of rotatable bonds is 40. The van der Waals surface area contributed by atoms with E-state index in [1.165, 1.54) is 7.11 Å². The Morgan fingerprint density at radius 2 is 0.640 bits per heavy atom. The Kier molecular flexibility index (Phi) is 34.9. The van der Waals surface area contributed by atoms with E-state index in [1.807, 2.05) is 12.1 Å². The molecule has 0 saturated heterocycles. The highest BCUT2D eigenvalue weighted by Gasteiger charge is 2.00. The molecule has 0 heterocycles.